The van der Waals surface area contributed by atoms with Gasteiger partial charge in [0.1, 0.15) is 0 Å². The summed E-state index contributed by atoms with van der Waals surface area (Å²) in [5, 5.41) is 0. The van der Waals surface area contributed by atoms with Crippen LogP contribution in [-0.2, 0) is 17.8 Å². The van der Waals surface area contributed by atoms with Crippen LogP contribution in [0.25, 0.3) is 0 Å². The number of aryl methyl sites for hydroxylation is 2. The zero-order valence-corrected chi connectivity index (χ0v) is 15.0. The summed E-state index contributed by atoms with van der Waals surface area (Å²) in [7, 11) is 2.03. The van der Waals surface area contributed by atoms with Crippen molar-refractivity contribution in [1.29, 1.82) is 0 Å². The van der Waals surface area contributed by atoms with Crippen LogP contribution in [0.5, 0.6) is 0 Å². The minimum Gasteiger partial charge on any atom is -0.310 e. The summed E-state index contributed by atoms with van der Waals surface area (Å²) < 4.78 is 0. The molecule has 1 aliphatic heterocycles. The van der Waals surface area contributed by atoms with E-state index in [9.17, 15) is 4.79 Å². The molecule has 1 atom stereocenters. The van der Waals surface area contributed by atoms with Gasteiger partial charge in [-0.15, -0.1) is 0 Å². The maximum absolute atomic E-state index is 13.0. The lowest BCUT2D eigenvalue weighted by Crippen LogP contribution is -2.45. The maximum Gasteiger partial charge on any atom is 0.244 e. The number of rotatable bonds is 4. The van der Waals surface area contributed by atoms with E-state index in [-0.39, 0.29) is 11.9 Å². The van der Waals surface area contributed by atoms with Gasteiger partial charge in [-0.2, -0.15) is 0 Å². The maximum atomic E-state index is 13.0. The molecular formula is C21H26N2O. The van der Waals surface area contributed by atoms with Crippen LogP contribution in [0.4, 0.5) is 5.69 Å². The third-order valence-corrected chi connectivity index (χ3v) is 5.09. The largest absolute Gasteiger partial charge is 0.310 e. The molecule has 3 nitrogen and oxygen atoms in total. The first-order chi connectivity index (χ1) is 11.5. The van der Waals surface area contributed by atoms with Crippen molar-refractivity contribution in [3.63, 3.8) is 0 Å². The number of fused-ring (bicyclic) bond motifs is 1. The van der Waals surface area contributed by atoms with E-state index in [1.54, 1.807) is 0 Å². The molecular weight excluding hydrogens is 296 g/mol. The molecule has 1 aliphatic rings. The monoisotopic (exact) mass is 322 g/mol. The van der Waals surface area contributed by atoms with Gasteiger partial charge in [0.25, 0.3) is 0 Å². The predicted octanol–water partition coefficient (Wildman–Crippen LogP) is 3.71. The smallest absolute Gasteiger partial charge is 0.244 e. The van der Waals surface area contributed by atoms with Gasteiger partial charge in [0.15, 0.2) is 0 Å². The number of likely N-dealkylation sites (N-methyl/N-ethyl adjacent to an activating group) is 1. The van der Waals surface area contributed by atoms with Crippen molar-refractivity contribution in [2.24, 2.45) is 0 Å². The van der Waals surface area contributed by atoms with Crippen LogP contribution in [0.3, 0.4) is 0 Å². The van der Waals surface area contributed by atoms with Gasteiger partial charge in [-0.3, -0.25) is 9.69 Å². The van der Waals surface area contributed by atoms with Crippen LogP contribution in [0.1, 0.15) is 29.2 Å². The highest BCUT2D eigenvalue weighted by molar-refractivity contribution is 5.98. The molecule has 3 heteroatoms. The minimum absolute atomic E-state index is 0.142. The molecule has 2 aromatic carbocycles. The molecule has 24 heavy (non-hydrogen) atoms. The number of benzene rings is 2. The number of nitrogens with zero attached hydrogens (tertiary/aromatic N) is 2. The third kappa shape index (κ3) is 3.22. The van der Waals surface area contributed by atoms with Crippen LogP contribution in [0, 0.1) is 13.8 Å². The van der Waals surface area contributed by atoms with Crippen LogP contribution >= 0.6 is 0 Å². The molecule has 1 heterocycles. The van der Waals surface area contributed by atoms with Gasteiger partial charge in [0.05, 0.1) is 6.04 Å². The van der Waals surface area contributed by atoms with Crippen LogP contribution in [-0.4, -0.2) is 30.4 Å². The summed E-state index contributed by atoms with van der Waals surface area (Å²) in [4.78, 5) is 17.0. The quantitative estimate of drug-likeness (QED) is 0.856. The van der Waals surface area contributed by atoms with E-state index >= 15 is 0 Å². The lowest BCUT2D eigenvalue weighted by molar-refractivity contribution is -0.122. The van der Waals surface area contributed by atoms with Gasteiger partial charge in [0, 0.05) is 18.8 Å². The van der Waals surface area contributed by atoms with E-state index in [4.69, 9.17) is 0 Å². The molecule has 1 unspecified atom stereocenters. The Morgan fingerprint density at radius 3 is 2.71 bits per heavy atom. The second-order valence-electron chi connectivity index (χ2n) is 6.89. The number of anilines is 1. The van der Waals surface area contributed by atoms with Crippen molar-refractivity contribution in [3.05, 3.63) is 64.7 Å². The van der Waals surface area contributed by atoms with Gasteiger partial charge in [0.2, 0.25) is 5.91 Å². The van der Waals surface area contributed by atoms with E-state index in [2.05, 4.69) is 49.1 Å². The van der Waals surface area contributed by atoms with E-state index in [1.165, 1.54) is 22.3 Å². The second kappa shape index (κ2) is 6.78. The molecule has 2 aromatic rings. The fourth-order valence-electron chi connectivity index (χ4n) is 3.41. The molecule has 0 bridgehead atoms. The lowest BCUT2D eigenvalue weighted by atomic mass is 10.0. The van der Waals surface area contributed by atoms with Gasteiger partial charge in [-0.05, 0) is 57.0 Å². The summed E-state index contributed by atoms with van der Waals surface area (Å²) in [5.41, 5.74) is 6.19. The summed E-state index contributed by atoms with van der Waals surface area (Å²) in [6, 6.07) is 14.6. The number of hydrogen-bond donors (Lipinski definition) is 0. The molecule has 1 amide bonds. The Hall–Kier alpha value is -2.13. The average Bonchev–Trinajstić information content (AvgIpc) is 3.00. The number of carbonyl (C=O) groups excluding carboxylic acids is 1. The molecule has 0 saturated carbocycles. The van der Waals surface area contributed by atoms with Gasteiger partial charge in [-0.1, -0.05) is 42.0 Å². The summed E-state index contributed by atoms with van der Waals surface area (Å²) in [5.74, 6) is 0.187. The number of carbonyl (C=O) groups is 1. The first kappa shape index (κ1) is 16.7. The molecule has 0 aliphatic carbocycles. The second-order valence-corrected chi connectivity index (χ2v) is 6.89. The average molecular weight is 322 g/mol. The van der Waals surface area contributed by atoms with Crippen molar-refractivity contribution in [2.45, 2.75) is 39.8 Å². The Morgan fingerprint density at radius 2 is 1.96 bits per heavy atom. The van der Waals surface area contributed by atoms with Crippen molar-refractivity contribution in [1.82, 2.24) is 4.90 Å². The number of para-hydroxylation sites is 1. The Labute approximate surface area is 144 Å². The summed E-state index contributed by atoms with van der Waals surface area (Å²) in [6.45, 7) is 7.83. The summed E-state index contributed by atoms with van der Waals surface area (Å²) in [6.07, 6.45) is 0.954. The van der Waals surface area contributed by atoms with E-state index < -0.39 is 0 Å². The fraction of sp³-hybridized carbons (Fsp3) is 0.381. The Bertz CT molecular complexity index is 753. The lowest BCUT2D eigenvalue weighted by Gasteiger charge is -2.29. The van der Waals surface area contributed by atoms with Crippen LogP contribution in [0.15, 0.2) is 42.5 Å². The third-order valence-electron chi connectivity index (χ3n) is 5.09. The van der Waals surface area contributed by atoms with Crippen molar-refractivity contribution >= 4 is 11.6 Å². The topological polar surface area (TPSA) is 23.6 Å². The molecule has 0 fully saturated rings. The number of amides is 1. The Kier molecular flexibility index (Phi) is 4.72. The fourth-order valence-corrected chi connectivity index (χ4v) is 3.41. The Balaban J connectivity index is 1.72. The molecule has 3 rings (SSSR count). The van der Waals surface area contributed by atoms with Gasteiger partial charge >= 0.3 is 0 Å². The zero-order chi connectivity index (χ0) is 17.3. The van der Waals surface area contributed by atoms with Crippen molar-refractivity contribution in [3.8, 4) is 0 Å². The van der Waals surface area contributed by atoms with E-state index in [0.717, 1.165) is 25.2 Å². The van der Waals surface area contributed by atoms with Crippen molar-refractivity contribution < 1.29 is 4.79 Å². The summed E-state index contributed by atoms with van der Waals surface area (Å²) >= 11 is 0. The van der Waals surface area contributed by atoms with E-state index in [0.29, 0.717) is 0 Å². The molecule has 0 spiro atoms. The molecule has 0 N–H and O–H groups in total. The van der Waals surface area contributed by atoms with E-state index in [1.807, 2.05) is 31.0 Å². The highest BCUT2D eigenvalue weighted by atomic mass is 16.2. The predicted molar refractivity (Wildman–Crippen MR) is 99.3 cm³/mol. The van der Waals surface area contributed by atoms with Crippen LogP contribution in [0.2, 0.25) is 0 Å². The van der Waals surface area contributed by atoms with Crippen molar-refractivity contribution in [2.75, 3.05) is 18.5 Å². The van der Waals surface area contributed by atoms with Gasteiger partial charge in [-0.25, -0.2) is 0 Å². The zero-order valence-electron chi connectivity index (χ0n) is 15.0. The van der Waals surface area contributed by atoms with Crippen LogP contribution < -0.4 is 4.90 Å². The first-order valence-electron chi connectivity index (χ1n) is 8.63. The minimum atomic E-state index is -0.142. The first-order valence-corrected chi connectivity index (χ1v) is 8.63. The standard InChI is InChI=1S/C21H26N2O/c1-15-9-10-19(16(2)13-15)14-22(4)17(3)21(24)23-12-11-18-7-5-6-8-20(18)23/h5-10,13,17H,11-12,14H2,1-4H3. The highest BCUT2D eigenvalue weighted by Crippen LogP contribution is 2.28. The Morgan fingerprint density at radius 1 is 1.21 bits per heavy atom. The van der Waals surface area contributed by atoms with Gasteiger partial charge < -0.3 is 4.90 Å². The number of hydrogen-bond acceptors (Lipinski definition) is 2. The highest BCUT2D eigenvalue weighted by Gasteiger charge is 2.29. The molecule has 126 valence electrons. The SMILES string of the molecule is Cc1ccc(CN(C)C(C)C(=O)N2CCc3ccccc32)c(C)c1. The molecule has 0 aromatic heterocycles. The molecule has 0 saturated heterocycles. The normalized spacial score (nSPS) is 14.8. The molecule has 0 radical (unpaired) electrons.